The zero-order chi connectivity index (χ0) is 14.0. The fourth-order valence-electron chi connectivity index (χ4n) is 1.83. The number of rotatable bonds is 3. The van der Waals surface area contributed by atoms with Gasteiger partial charge in [-0.3, -0.25) is 4.79 Å². The lowest BCUT2D eigenvalue weighted by atomic mass is 10.2. The molecule has 1 N–H and O–H groups in total. The van der Waals surface area contributed by atoms with Gasteiger partial charge in [-0.1, -0.05) is 6.07 Å². The van der Waals surface area contributed by atoms with E-state index in [1.165, 1.54) is 0 Å². The highest BCUT2D eigenvalue weighted by Gasteiger charge is 2.13. The largest absolute Gasteiger partial charge is 0.343 e. The summed E-state index contributed by atoms with van der Waals surface area (Å²) in [5, 5.41) is 2.91. The summed E-state index contributed by atoms with van der Waals surface area (Å²) in [6.07, 6.45) is 1.90. The Morgan fingerprint density at radius 3 is 2.68 bits per heavy atom. The second kappa shape index (κ2) is 5.92. The highest BCUT2D eigenvalue weighted by molar-refractivity contribution is 9.10. The van der Waals surface area contributed by atoms with E-state index in [4.69, 9.17) is 0 Å². The number of carbonyl (C=O) groups excluding carboxylic acids is 1. The zero-order valence-electron chi connectivity index (χ0n) is 10.7. The number of benzene rings is 1. The molecule has 1 amide bonds. The summed E-state index contributed by atoms with van der Waals surface area (Å²) >= 11 is 6.85. The fraction of sp³-hybridized carbons (Fsp3) is 0.214. The monoisotopic (exact) mass is 384 g/mol. The molecule has 0 bridgehead atoms. The molecule has 19 heavy (non-hydrogen) atoms. The van der Waals surface area contributed by atoms with Gasteiger partial charge in [0.05, 0.1) is 5.69 Å². The molecule has 0 fully saturated rings. The van der Waals surface area contributed by atoms with Gasteiger partial charge in [-0.25, -0.2) is 0 Å². The summed E-state index contributed by atoms with van der Waals surface area (Å²) < 4.78 is 3.69. The number of nitrogens with one attached hydrogen (secondary N) is 1. The molecule has 0 saturated heterocycles. The van der Waals surface area contributed by atoms with Crippen LogP contribution < -0.4 is 5.32 Å². The third kappa shape index (κ3) is 3.28. The quantitative estimate of drug-likeness (QED) is 0.823. The van der Waals surface area contributed by atoms with E-state index in [-0.39, 0.29) is 5.91 Å². The van der Waals surface area contributed by atoms with Crippen molar-refractivity contribution in [2.24, 2.45) is 0 Å². The number of anilines is 1. The molecular weight excluding hydrogens is 372 g/mol. The average Bonchev–Trinajstić information content (AvgIpc) is 2.74. The van der Waals surface area contributed by atoms with Gasteiger partial charge in [0.25, 0.3) is 5.91 Å². The average molecular weight is 386 g/mol. The molecule has 2 rings (SSSR count). The summed E-state index contributed by atoms with van der Waals surface area (Å²) in [4.78, 5) is 12.3. The van der Waals surface area contributed by atoms with Crippen LogP contribution in [0.1, 0.15) is 23.0 Å². The molecule has 0 aliphatic heterocycles. The molecule has 0 unspecified atom stereocenters. The first-order valence-corrected chi connectivity index (χ1v) is 7.53. The molecular formula is C14H14Br2N2O. The molecule has 0 atom stereocenters. The lowest BCUT2D eigenvalue weighted by molar-refractivity contribution is 0.101. The first-order valence-electron chi connectivity index (χ1n) is 5.94. The summed E-state index contributed by atoms with van der Waals surface area (Å²) in [6, 6.07) is 7.66. The van der Waals surface area contributed by atoms with Crippen LogP contribution in [-0.4, -0.2) is 10.5 Å². The van der Waals surface area contributed by atoms with Crippen LogP contribution in [0.5, 0.6) is 0 Å². The minimum Gasteiger partial charge on any atom is -0.343 e. The lowest BCUT2D eigenvalue weighted by Gasteiger charge is -2.09. The van der Waals surface area contributed by atoms with Crippen molar-refractivity contribution < 1.29 is 4.79 Å². The Kier molecular flexibility index (Phi) is 4.47. The number of aryl methyl sites for hydroxylation is 2. The molecule has 0 saturated carbocycles. The summed E-state index contributed by atoms with van der Waals surface area (Å²) in [5.74, 6) is -0.114. The van der Waals surface area contributed by atoms with Crippen LogP contribution in [0.4, 0.5) is 5.69 Å². The molecule has 3 nitrogen and oxygen atoms in total. The van der Waals surface area contributed by atoms with Crippen molar-refractivity contribution in [2.75, 3.05) is 5.32 Å². The van der Waals surface area contributed by atoms with E-state index in [2.05, 4.69) is 37.2 Å². The first-order chi connectivity index (χ1) is 9.01. The molecule has 0 spiro atoms. The van der Waals surface area contributed by atoms with Crippen molar-refractivity contribution in [2.45, 2.75) is 20.4 Å². The van der Waals surface area contributed by atoms with Crippen molar-refractivity contribution in [3.8, 4) is 0 Å². The van der Waals surface area contributed by atoms with Gasteiger partial charge in [0.2, 0.25) is 0 Å². The molecule has 2 aromatic rings. The van der Waals surface area contributed by atoms with Crippen LogP contribution in [0.3, 0.4) is 0 Å². The normalized spacial score (nSPS) is 10.5. The van der Waals surface area contributed by atoms with Crippen molar-refractivity contribution in [1.82, 2.24) is 4.57 Å². The molecule has 5 heteroatoms. The Morgan fingerprint density at radius 2 is 2.05 bits per heavy atom. The van der Waals surface area contributed by atoms with Gasteiger partial charge in [-0.15, -0.1) is 0 Å². The van der Waals surface area contributed by atoms with Crippen LogP contribution in [0.15, 0.2) is 39.4 Å². The predicted octanol–water partition coefficient (Wildman–Crippen LogP) is 4.59. The van der Waals surface area contributed by atoms with E-state index in [1.807, 2.05) is 48.9 Å². The van der Waals surface area contributed by atoms with E-state index in [0.29, 0.717) is 5.69 Å². The van der Waals surface area contributed by atoms with Gasteiger partial charge in [0, 0.05) is 21.7 Å². The Hall–Kier alpha value is -1.07. The first kappa shape index (κ1) is 14.3. The van der Waals surface area contributed by atoms with Crippen LogP contribution in [0.2, 0.25) is 0 Å². The van der Waals surface area contributed by atoms with Crippen molar-refractivity contribution in [1.29, 1.82) is 0 Å². The summed E-state index contributed by atoms with van der Waals surface area (Å²) in [5.41, 5.74) is 2.56. The number of nitrogens with zero attached hydrogens (tertiary/aromatic N) is 1. The van der Waals surface area contributed by atoms with Gasteiger partial charge < -0.3 is 9.88 Å². The zero-order valence-corrected chi connectivity index (χ0v) is 13.9. The topological polar surface area (TPSA) is 34.0 Å². The maximum absolute atomic E-state index is 12.3. The molecule has 100 valence electrons. The van der Waals surface area contributed by atoms with E-state index >= 15 is 0 Å². The SMILES string of the molecule is CCn1cc(Br)cc1C(=O)Nc1ccc(C)cc1Br. The lowest BCUT2D eigenvalue weighted by Crippen LogP contribution is -2.16. The second-order valence-electron chi connectivity index (χ2n) is 4.27. The van der Waals surface area contributed by atoms with Crippen LogP contribution >= 0.6 is 31.9 Å². The van der Waals surface area contributed by atoms with Crippen molar-refractivity contribution >= 4 is 43.5 Å². The summed E-state index contributed by atoms with van der Waals surface area (Å²) in [7, 11) is 0. The minimum absolute atomic E-state index is 0.114. The van der Waals surface area contributed by atoms with E-state index in [1.54, 1.807) is 0 Å². The highest BCUT2D eigenvalue weighted by atomic mass is 79.9. The molecule has 1 aromatic heterocycles. The maximum Gasteiger partial charge on any atom is 0.272 e. The van der Waals surface area contributed by atoms with Crippen LogP contribution in [0.25, 0.3) is 0 Å². The van der Waals surface area contributed by atoms with Gasteiger partial charge >= 0.3 is 0 Å². The number of halogens is 2. The smallest absolute Gasteiger partial charge is 0.272 e. The van der Waals surface area contributed by atoms with E-state index in [9.17, 15) is 4.79 Å². The predicted molar refractivity (Wildman–Crippen MR) is 84.6 cm³/mol. The van der Waals surface area contributed by atoms with E-state index in [0.717, 1.165) is 26.7 Å². The van der Waals surface area contributed by atoms with Gasteiger partial charge in [-0.2, -0.15) is 0 Å². The second-order valence-corrected chi connectivity index (χ2v) is 6.04. The number of amides is 1. The number of hydrogen-bond donors (Lipinski definition) is 1. The third-order valence-corrected chi connectivity index (χ3v) is 3.90. The Bertz CT molecular complexity index is 620. The summed E-state index contributed by atoms with van der Waals surface area (Å²) in [6.45, 7) is 4.77. The van der Waals surface area contributed by atoms with E-state index < -0.39 is 0 Å². The Morgan fingerprint density at radius 1 is 1.32 bits per heavy atom. The van der Waals surface area contributed by atoms with Crippen LogP contribution in [0, 0.1) is 6.92 Å². The van der Waals surface area contributed by atoms with Gasteiger partial charge in [-0.05, 0) is 69.5 Å². The number of aromatic nitrogens is 1. The Labute approximate surface area is 129 Å². The highest BCUT2D eigenvalue weighted by Crippen LogP contribution is 2.24. The number of hydrogen-bond acceptors (Lipinski definition) is 1. The molecule has 0 radical (unpaired) electrons. The Balaban J connectivity index is 2.25. The van der Waals surface area contributed by atoms with Crippen molar-refractivity contribution in [3.63, 3.8) is 0 Å². The maximum atomic E-state index is 12.3. The molecule has 1 aromatic carbocycles. The van der Waals surface area contributed by atoms with Gasteiger partial charge in [0.1, 0.15) is 5.69 Å². The van der Waals surface area contributed by atoms with Crippen molar-refractivity contribution in [3.05, 3.63) is 50.7 Å². The minimum atomic E-state index is -0.114. The third-order valence-electron chi connectivity index (χ3n) is 2.81. The standard InChI is InChI=1S/C14H14Br2N2O/c1-3-18-8-10(15)7-13(18)14(19)17-12-5-4-9(2)6-11(12)16/h4-8H,3H2,1-2H3,(H,17,19). The molecule has 0 aliphatic rings. The fourth-order valence-corrected chi connectivity index (χ4v) is 2.89. The van der Waals surface area contributed by atoms with Gasteiger partial charge in [0.15, 0.2) is 0 Å². The van der Waals surface area contributed by atoms with Crippen LogP contribution in [-0.2, 0) is 6.54 Å². The number of carbonyl (C=O) groups is 1. The molecule has 0 aliphatic carbocycles. The molecule has 1 heterocycles.